The number of aromatic nitrogens is 1. The van der Waals surface area contributed by atoms with Gasteiger partial charge in [0.05, 0.1) is 11.2 Å². The minimum Gasteiger partial charge on any atom is -0.326 e. The van der Waals surface area contributed by atoms with Gasteiger partial charge in [-0.2, -0.15) is 0 Å². The van der Waals surface area contributed by atoms with Crippen molar-refractivity contribution in [3.05, 3.63) is 64.7 Å². The van der Waals surface area contributed by atoms with Crippen molar-refractivity contribution in [3.8, 4) is 11.3 Å². The molecule has 3 rings (SSSR count). The van der Waals surface area contributed by atoms with Crippen molar-refractivity contribution < 1.29 is 4.79 Å². The molecule has 0 aliphatic carbocycles. The van der Waals surface area contributed by atoms with Crippen molar-refractivity contribution >= 4 is 39.3 Å². The lowest BCUT2D eigenvalue weighted by Crippen LogP contribution is -1.97. The standard InChI is InChI=1S/C17H12Cl2N2O/c18-12-5-6-15-13(7-12)14(17(19)22)8-16(21-15)11-3-1-10(9-20)2-4-11/h1-8H,9,20H2. The highest BCUT2D eigenvalue weighted by molar-refractivity contribution is 6.68. The number of fused-ring (bicyclic) bond motifs is 1. The smallest absolute Gasteiger partial charge is 0.253 e. The summed E-state index contributed by atoms with van der Waals surface area (Å²) >= 11 is 11.7. The van der Waals surface area contributed by atoms with Crippen LogP contribution in [0.15, 0.2) is 48.5 Å². The number of halogens is 2. The lowest BCUT2D eigenvalue weighted by Gasteiger charge is -2.08. The molecule has 5 heteroatoms. The quantitative estimate of drug-likeness (QED) is 0.724. The SMILES string of the molecule is NCc1ccc(-c2cc(C(=O)Cl)c3cc(Cl)ccc3n2)cc1. The van der Waals surface area contributed by atoms with Crippen LogP contribution in [0.2, 0.25) is 5.02 Å². The van der Waals surface area contributed by atoms with Gasteiger partial charge in [0.1, 0.15) is 0 Å². The van der Waals surface area contributed by atoms with Crippen LogP contribution in [0.3, 0.4) is 0 Å². The number of carbonyl (C=O) groups is 1. The maximum Gasteiger partial charge on any atom is 0.253 e. The van der Waals surface area contributed by atoms with Crippen molar-refractivity contribution in [2.75, 3.05) is 0 Å². The molecule has 0 spiro atoms. The summed E-state index contributed by atoms with van der Waals surface area (Å²) in [5.41, 5.74) is 9.28. The largest absolute Gasteiger partial charge is 0.326 e. The molecule has 0 aliphatic rings. The molecule has 0 aliphatic heterocycles. The third-order valence-corrected chi connectivity index (χ3v) is 3.91. The number of benzene rings is 2. The fourth-order valence-corrected chi connectivity index (χ4v) is 2.65. The molecule has 3 aromatic rings. The molecule has 110 valence electrons. The summed E-state index contributed by atoms with van der Waals surface area (Å²) in [5.74, 6) is 0. The summed E-state index contributed by atoms with van der Waals surface area (Å²) in [6.07, 6.45) is 0. The van der Waals surface area contributed by atoms with E-state index >= 15 is 0 Å². The molecule has 0 saturated carbocycles. The second-order valence-corrected chi connectivity index (χ2v) is 5.67. The molecule has 22 heavy (non-hydrogen) atoms. The first kappa shape index (κ1) is 15.0. The highest BCUT2D eigenvalue weighted by Gasteiger charge is 2.12. The van der Waals surface area contributed by atoms with Crippen molar-refractivity contribution in [2.24, 2.45) is 5.73 Å². The Balaban J connectivity index is 2.21. The fourth-order valence-electron chi connectivity index (χ4n) is 2.32. The minimum atomic E-state index is -0.533. The van der Waals surface area contributed by atoms with Crippen LogP contribution in [0.4, 0.5) is 0 Å². The Labute approximate surface area is 137 Å². The molecular weight excluding hydrogens is 319 g/mol. The Morgan fingerprint density at radius 2 is 1.82 bits per heavy atom. The number of pyridine rings is 1. The van der Waals surface area contributed by atoms with Gasteiger partial charge in [-0.15, -0.1) is 0 Å². The molecule has 0 atom stereocenters. The Hall–Kier alpha value is -1.94. The van der Waals surface area contributed by atoms with Gasteiger partial charge in [0.15, 0.2) is 0 Å². The molecule has 2 aromatic carbocycles. The molecule has 0 radical (unpaired) electrons. The van der Waals surface area contributed by atoms with Gasteiger partial charge in [0.25, 0.3) is 5.24 Å². The Morgan fingerprint density at radius 3 is 2.45 bits per heavy atom. The van der Waals surface area contributed by atoms with Gasteiger partial charge in [-0.1, -0.05) is 35.9 Å². The summed E-state index contributed by atoms with van der Waals surface area (Å²) < 4.78 is 0. The van der Waals surface area contributed by atoms with E-state index in [1.54, 1.807) is 24.3 Å². The highest BCUT2D eigenvalue weighted by Crippen LogP contribution is 2.28. The zero-order chi connectivity index (χ0) is 15.7. The topological polar surface area (TPSA) is 56.0 Å². The van der Waals surface area contributed by atoms with Gasteiger partial charge in [-0.3, -0.25) is 4.79 Å². The van der Waals surface area contributed by atoms with Crippen LogP contribution >= 0.6 is 23.2 Å². The van der Waals surface area contributed by atoms with Crippen molar-refractivity contribution in [1.29, 1.82) is 0 Å². The average Bonchev–Trinajstić information content (AvgIpc) is 2.53. The van der Waals surface area contributed by atoms with Crippen LogP contribution < -0.4 is 5.73 Å². The molecule has 1 aromatic heterocycles. The van der Waals surface area contributed by atoms with E-state index in [0.717, 1.165) is 11.1 Å². The molecule has 0 amide bonds. The first-order valence-electron chi connectivity index (χ1n) is 6.68. The first-order valence-corrected chi connectivity index (χ1v) is 7.43. The summed E-state index contributed by atoms with van der Waals surface area (Å²) in [4.78, 5) is 16.3. The molecule has 0 fully saturated rings. The van der Waals surface area contributed by atoms with Crippen LogP contribution in [0.1, 0.15) is 15.9 Å². The zero-order valence-corrected chi connectivity index (χ0v) is 13.0. The molecule has 0 unspecified atom stereocenters. The van der Waals surface area contributed by atoms with Gasteiger partial charge >= 0.3 is 0 Å². The summed E-state index contributed by atoms with van der Waals surface area (Å²) in [5, 5.41) is 0.651. The summed E-state index contributed by atoms with van der Waals surface area (Å²) in [6, 6.07) is 14.6. The highest BCUT2D eigenvalue weighted by atomic mass is 35.5. The van der Waals surface area contributed by atoms with E-state index in [4.69, 9.17) is 28.9 Å². The molecule has 1 heterocycles. The monoisotopic (exact) mass is 330 g/mol. The zero-order valence-electron chi connectivity index (χ0n) is 11.5. The van der Waals surface area contributed by atoms with E-state index in [9.17, 15) is 4.79 Å². The van der Waals surface area contributed by atoms with Crippen LogP contribution in [0.25, 0.3) is 22.2 Å². The third-order valence-electron chi connectivity index (χ3n) is 3.47. The van der Waals surface area contributed by atoms with E-state index in [1.807, 2.05) is 24.3 Å². The fraction of sp³-hybridized carbons (Fsp3) is 0.0588. The minimum absolute atomic E-state index is 0.395. The summed E-state index contributed by atoms with van der Waals surface area (Å²) in [6.45, 7) is 0.481. The number of hydrogen-bond donors (Lipinski definition) is 1. The number of carbonyl (C=O) groups excluding carboxylic acids is 1. The maximum absolute atomic E-state index is 11.7. The van der Waals surface area contributed by atoms with Gasteiger partial charge in [0, 0.05) is 28.1 Å². The van der Waals surface area contributed by atoms with Crippen LogP contribution in [0.5, 0.6) is 0 Å². The normalized spacial score (nSPS) is 10.9. The Bertz CT molecular complexity index is 860. The first-order chi connectivity index (χ1) is 10.6. The van der Waals surface area contributed by atoms with Gasteiger partial charge < -0.3 is 5.73 Å². The van der Waals surface area contributed by atoms with E-state index in [-0.39, 0.29) is 0 Å². The van der Waals surface area contributed by atoms with E-state index < -0.39 is 5.24 Å². The predicted octanol–water partition coefficient (Wildman–Crippen LogP) is 4.39. The Kier molecular flexibility index (Phi) is 4.12. The lowest BCUT2D eigenvalue weighted by atomic mass is 10.0. The number of hydrogen-bond acceptors (Lipinski definition) is 3. The van der Waals surface area contributed by atoms with Gasteiger partial charge in [0.2, 0.25) is 0 Å². The van der Waals surface area contributed by atoms with Crippen LogP contribution in [-0.2, 0) is 6.54 Å². The van der Waals surface area contributed by atoms with Gasteiger partial charge in [-0.05, 0) is 41.4 Å². The predicted molar refractivity (Wildman–Crippen MR) is 90.3 cm³/mol. The second kappa shape index (κ2) is 6.05. The second-order valence-electron chi connectivity index (χ2n) is 4.89. The number of nitrogens with zero attached hydrogens (tertiary/aromatic N) is 1. The third kappa shape index (κ3) is 2.83. The van der Waals surface area contributed by atoms with Crippen molar-refractivity contribution in [3.63, 3.8) is 0 Å². The van der Waals surface area contributed by atoms with Crippen LogP contribution in [-0.4, -0.2) is 10.2 Å². The van der Waals surface area contributed by atoms with Crippen molar-refractivity contribution in [1.82, 2.24) is 4.98 Å². The molecule has 0 saturated heterocycles. The van der Waals surface area contributed by atoms with E-state index in [2.05, 4.69) is 4.98 Å². The van der Waals surface area contributed by atoms with Crippen LogP contribution in [0, 0.1) is 0 Å². The molecule has 3 nitrogen and oxygen atoms in total. The molecule has 2 N–H and O–H groups in total. The molecular formula is C17H12Cl2N2O. The average molecular weight is 331 g/mol. The maximum atomic E-state index is 11.7. The number of nitrogens with two attached hydrogens (primary N) is 1. The lowest BCUT2D eigenvalue weighted by molar-refractivity contribution is 0.108. The Morgan fingerprint density at radius 1 is 1.09 bits per heavy atom. The van der Waals surface area contributed by atoms with E-state index in [1.165, 1.54) is 0 Å². The summed E-state index contributed by atoms with van der Waals surface area (Å²) in [7, 11) is 0. The van der Waals surface area contributed by atoms with Gasteiger partial charge in [-0.25, -0.2) is 4.98 Å². The van der Waals surface area contributed by atoms with Crippen molar-refractivity contribution in [2.45, 2.75) is 6.54 Å². The number of rotatable bonds is 3. The molecule has 0 bridgehead atoms. The van der Waals surface area contributed by atoms with E-state index in [0.29, 0.717) is 33.7 Å².